The summed E-state index contributed by atoms with van der Waals surface area (Å²) in [5.41, 5.74) is 1.62. The van der Waals surface area contributed by atoms with E-state index in [0.717, 1.165) is 4.47 Å². The molecule has 5 nitrogen and oxygen atoms in total. The molecule has 1 unspecified atom stereocenters. The van der Waals surface area contributed by atoms with Crippen LogP contribution in [0.3, 0.4) is 0 Å². The molecular weight excluding hydrogens is 470 g/mol. The second-order valence-electron chi connectivity index (χ2n) is 8.29. The van der Waals surface area contributed by atoms with Gasteiger partial charge in [-0.3, -0.25) is 14.2 Å². The summed E-state index contributed by atoms with van der Waals surface area (Å²) in [6, 6.07) is 10.4. The zero-order valence-corrected chi connectivity index (χ0v) is 19.8. The quantitative estimate of drug-likeness (QED) is 0.465. The molecule has 1 aromatic heterocycles. The van der Waals surface area contributed by atoms with Crippen LogP contribution in [-0.2, 0) is 4.79 Å². The monoisotopic (exact) mass is 491 g/mol. The Labute approximate surface area is 188 Å². The second kappa shape index (κ2) is 8.08. The van der Waals surface area contributed by atoms with Crippen LogP contribution in [0.15, 0.2) is 40.9 Å². The summed E-state index contributed by atoms with van der Waals surface area (Å²) >= 11 is 9.74. The number of carbonyl (C=O) groups is 2. The van der Waals surface area contributed by atoms with E-state index in [1.54, 1.807) is 47.9 Å². The van der Waals surface area contributed by atoms with Crippen molar-refractivity contribution in [3.8, 4) is 5.75 Å². The first kappa shape index (κ1) is 22.4. The summed E-state index contributed by atoms with van der Waals surface area (Å²) in [6.45, 7) is 7.39. The fourth-order valence-electron chi connectivity index (χ4n) is 3.87. The van der Waals surface area contributed by atoms with Crippen molar-refractivity contribution in [2.75, 3.05) is 7.11 Å². The van der Waals surface area contributed by atoms with Gasteiger partial charge in [-0.15, -0.1) is 0 Å². The minimum atomic E-state index is -0.949. The summed E-state index contributed by atoms with van der Waals surface area (Å²) in [7, 11) is 1.50. The van der Waals surface area contributed by atoms with Crippen molar-refractivity contribution in [3.05, 3.63) is 62.7 Å². The van der Waals surface area contributed by atoms with Gasteiger partial charge in [-0.25, -0.2) is 0 Å². The van der Waals surface area contributed by atoms with Crippen molar-refractivity contribution in [1.82, 2.24) is 4.57 Å². The van der Waals surface area contributed by atoms with Gasteiger partial charge in [-0.1, -0.05) is 48.3 Å². The molecule has 0 saturated carbocycles. The van der Waals surface area contributed by atoms with E-state index in [9.17, 15) is 14.7 Å². The summed E-state index contributed by atoms with van der Waals surface area (Å²) in [5, 5.41) is 11.1. The first-order valence-electron chi connectivity index (χ1n) is 9.39. The molecule has 0 aliphatic rings. The van der Waals surface area contributed by atoms with E-state index in [1.807, 2.05) is 20.8 Å². The van der Waals surface area contributed by atoms with Crippen molar-refractivity contribution >= 4 is 50.3 Å². The molecule has 0 radical (unpaired) electrons. The number of nitrogens with zero attached hydrogens (tertiary/aromatic N) is 1. The maximum absolute atomic E-state index is 13.4. The van der Waals surface area contributed by atoms with E-state index in [1.165, 1.54) is 7.11 Å². The number of rotatable bonds is 4. The number of methoxy groups -OCH3 is 1. The van der Waals surface area contributed by atoms with Crippen molar-refractivity contribution in [2.24, 2.45) is 5.41 Å². The smallest absolute Gasteiger partial charge is 0.311 e. The van der Waals surface area contributed by atoms with E-state index in [4.69, 9.17) is 16.3 Å². The lowest BCUT2D eigenvalue weighted by Crippen LogP contribution is -2.27. The Morgan fingerprint density at radius 3 is 2.27 bits per heavy atom. The third-order valence-corrected chi connectivity index (χ3v) is 6.05. The largest absolute Gasteiger partial charge is 0.495 e. The molecule has 158 valence electrons. The molecule has 1 heterocycles. The molecule has 0 amide bonds. The van der Waals surface area contributed by atoms with Crippen LogP contribution in [0.1, 0.15) is 48.3 Å². The van der Waals surface area contributed by atoms with E-state index in [2.05, 4.69) is 15.9 Å². The van der Waals surface area contributed by atoms with E-state index < -0.39 is 17.3 Å². The SMILES string of the molecule is COc1cc2c(C(C(=O)O)C(C)(C)C)c(C)n(C(=O)c3ccc(Br)cc3)c2cc1Cl. The van der Waals surface area contributed by atoms with Crippen molar-refractivity contribution < 1.29 is 19.4 Å². The molecular formula is C23H23BrClNO4. The number of hydrogen-bond acceptors (Lipinski definition) is 3. The van der Waals surface area contributed by atoms with Crippen molar-refractivity contribution in [3.63, 3.8) is 0 Å². The fourth-order valence-corrected chi connectivity index (χ4v) is 4.37. The number of hydrogen-bond donors (Lipinski definition) is 1. The Bertz CT molecular complexity index is 1140. The molecule has 3 rings (SSSR count). The highest BCUT2D eigenvalue weighted by atomic mass is 79.9. The lowest BCUT2D eigenvalue weighted by Gasteiger charge is -2.28. The van der Waals surface area contributed by atoms with Gasteiger partial charge in [0.2, 0.25) is 0 Å². The third-order valence-electron chi connectivity index (χ3n) is 5.22. The van der Waals surface area contributed by atoms with Crippen LogP contribution in [0.25, 0.3) is 10.9 Å². The molecule has 0 bridgehead atoms. The van der Waals surface area contributed by atoms with Gasteiger partial charge in [0.05, 0.1) is 23.6 Å². The number of ether oxygens (including phenoxy) is 1. The molecule has 0 saturated heterocycles. The van der Waals surface area contributed by atoms with Gasteiger partial charge in [0.15, 0.2) is 0 Å². The van der Waals surface area contributed by atoms with Crippen LogP contribution in [0.2, 0.25) is 5.02 Å². The van der Waals surface area contributed by atoms with Crippen molar-refractivity contribution in [2.45, 2.75) is 33.6 Å². The highest BCUT2D eigenvalue weighted by Gasteiger charge is 2.37. The van der Waals surface area contributed by atoms with Crippen LogP contribution in [0, 0.1) is 12.3 Å². The standard InChI is InChI=1S/C23H23BrClNO4/c1-12-19(20(22(28)29)23(2,3)4)15-10-18(30-5)16(25)11-17(15)26(12)21(27)13-6-8-14(24)9-7-13/h6-11,20H,1-5H3,(H,28,29). The summed E-state index contributed by atoms with van der Waals surface area (Å²) in [5.74, 6) is -1.60. The zero-order chi connectivity index (χ0) is 22.4. The molecule has 2 aromatic carbocycles. The predicted octanol–water partition coefficient (Wildman–Crippen LogP) is 6.28. The summed E-state index contributed by atoms with van der Waals surface area (Å²) in [6.07, 6.45) is 0. The zero-order valence-electron chi connectivity index (χ0n) is 17.4. The maximum Gasteiger partial charge on any atom is 0.311 e. The first-order chi connectivity index (χ1) is 14.0. The van der Waals surface area contributed by atoms with Crippen LogP contribution in [0.4, 0.5) is 0 Å². The Kier molecular flexibility index (Phi) is 6.03. The average molecular weight is 493 g/mol. The molecule has 0 spiro atoms. The molecule has 0 fully saturated rings. The lowest BCUT2D eigenvalue weighted by atomic mass is 9.75. The van der Waals surface area contributed by atoms with Crippen LogP contribution in [0.5, 0.6) is 5.75 Å². The van der Waals surface area contributed by atoms with Gasteiger partial charge in [0.1, 0.15) is 5.75 Å². The Hall–Kier alpha value is -2.31. The minimum absolute atomic E-state index is 0.254. The molecule has 1 atom stereocenters. The Morgan fingerprint density at radius 1 is 1.17 bits per heavy atom. The summed E-state index contributed by atoms with van der Waals surface area (Å²) in [4.78, 5) is 25.7. The minimum Gasteiger partial charge on any atom is -0.495 e. The number of carbonyl (C=O) groups excluding carboxylic acids is 1. The molecule has 3 aromatic rings. The summed E-state index contributed by atoms with van der Waals surface area (Å²) < 4.78 is 7.77. The Morgan fingerprint density at radius 2 is 1.77 bits per heavy atom. The fraction of sp³-hybridized carbons (Fsp3) is 0.304. The van der Waals surface area contributed by atoms with Crippen molar-refractivity contribution in [1.29, 1.82) is 0 Å². The average Bonchev–Trinajstić information content (AvgIpc) is 2.91. The molecule has 0 aliphatic heterocycles. The molecule has 30 heavy (non-hydrogen) atoms. The number of carboxylic acids is 1. The van der Waals surface area contributed by atoms with Crippen LogP contribution in [-0.4, -0.2) is 28.7 Å². The van der Waals surface area contributed by atoms with E-state index >= 15 is 0 Å². The third kappa shape index (κ3) is 3.86. The molecule has 1 N–H and O–H groups in total. The molecule has 0 aliphatic carbocycles. The lowest BCUT2D eigenvalue weighted by molar-refractivity contribution is -0.141. The van der Waals surface area contributed by atoms with Gasteiger partial charge in [0.25, 0.3) is 5.91 Å². The predicted molar refractivity (Wildman–Crippen MR) is 122 cm³/mol. The van der Waals surface area contributed by atoms with Gasteiger partial charge in [0, 0.05) is 21.1 Å². The number of aliphatic carboxylic acids is 1. The maximum atomic E-state index is 13.4. The first-order valence-corrected chi connectivity index (χ1v) is 10.6. The van der Waals surface area contributed by atoms with Gasteiger partial charge < -0.3 is 9.84 Å². The highest BCUT2D eigenvalue weighted by Crippen LogP contribution is 2.44. The number of halogens is 2. The topological polar surface area (TPSA) is 68.5 Å². The normalized spacial score (nSPS) is 12.8. The van der Waals surface area contributed by atoms with E-state index in [-0.39, 0.29) is 5.91 Å². The second-order valence-corrected chi connectivity index (χ2v) is 9.61. The Balaban J connectivity index is 2.40. The van der Waals surface area contributed by atoms with Gasteiger partial charge >= 0.3 is 5.97 Å². The highest BCUT2D eigenvalue weighted by molar-refractivity contribution is 9.10. The molecule has 7 heteroatoms. The number of fused-ring (bicyclic) bond motifs is 1. The number of carboxylic acid groups (broad SMARTS) is 1. The number of benzene rings is 2. The van der Waals surface area contributed by atoms with Gasteiger partial charge in [-0.05, 0) is 54.3 Å². The van der Waals surface area contributed by atoms with E-state index in [0.29, 0.717) is 38.5 Å². The van der Waals surface area contributed by atoms with Crippen LogP contribution < -0.4 is 4.74 Å². The van der Waals surface area contributed by atoms with Gasteiger partial charge in [-0.2, -0.15) is 0 Å². The van der Waals surface area contributed by atoms with Crippen LogP contribution >= 0.6 is 27.5 Å². The number of aromatic nitrogens is 1.